The molecule has 1 aromatic carbocycles. The van der Waals surface area contributed by atoms with Gasteiger partial charge in [-0.25, -0.2) is 10.8 Å². The number of amides is 1. The molecule has 2 rings (SSSR count). The van der Waals surface area contributed by atoms with E-state index >= 15 is 0 Å². The predicted octanol–water partition coefficient (Wildman–Crippen LogP) is 3.03. The Balaban J connectivity index is 1.90. The van der Waals surface area contributed by atoms with E-state index in [0.717, 1.165) is 50.2 Å². The SMILES string of the molecule is CCCN(CCC)c1ccc(CCc2ccc(CC(=O)NN)cc2)cn1. The lowest BCUT2D eigenvalue weighted by molar-refractivity contribution is -0.120. The average Bonchev–Trinajstić information content (AvgIpc) is 2.67. The zero-order valence-electron chi connectivity index (χ0n) is 15.9. The number of hydrogen-bond acceptors (Lipinski definition) is 4. The van der Waals surface area contributed by atoms with Crippen molar-refractivity contribution in [1.29, 1.82) is 0 Å². The highest BCUT2D eigenvalue weighted by molar-refractivity contribution is 5.77. The molecule has 0 radical (unpaired) electrons. The average molecular weight is 354 g/mol. The molecule has 3 N–H and O–H groups in total. The number of hydrazine groups is 1. The Labute approximate surface area is 156 Å². The van der Waals surface area contributed by atoms with E-state index < -0.39 is 0 Å². The van der Waals surface area contributed by atoms with Crippen LogP contribution >= 0.6 is 0 Å². The van der Waals surface area contributed by atoms with Crippen LogP contribution in [0.25, 0.3) is 0 Å². The van der Waals surface area contributed by atoms with E-state index in [-0.39, 0.29) is 5.91 Å². The molecule has 2 aromatic rings. The van der Waals surface area contributed by atoms with Gasteiger partial charge >= 0.3 is 0 Å². The summed E-state index contributed by atoms with van der Waals surface area (Å²) in [6.07, 6.45) is 6.48. The third-order valence-corrected chi connectivity index (χ3v) is 4.37. The molecule has 1 amide bonds. The molecule has 5 nitrogen and oxygen atoms in total. The fourth-order valence-corrected chi connectivity index (χ4v) is 2.98. The zero-order chi connectivity index (χ0) is 18.8. The van der Waals surface area contributed by atoms with Gasteiger partial charge < -0.3 is 4.90 Å². The zero-order valence-corrected chi connectivity index (χ0v) is 15.9. The van der Waals surface area contributed by atoms with Crippen LogP contribution in [0.3, 0.4) is 0 Å². The molecule has 0 atom stereocenters. The van der Waals surface area contributed by atoms with Crippen LogP contribution in [0.15, 0.2) is 42.6 Å². The second kappa shape index (κ2) is 10.6. The van der Waals surface area contributed by atoms with Gasteiger partial charge in [0.05, 0.1) is 6.42 Å². The summed E-state index contributed by atoms with van der Waals surface area (Å²) in [5.74, 6) is 6.01. The van der Waals surface area contributed by atoms with Gasteiger partial charge in [-0.15, -0.1) is 0 Å². The quantitative estimate of drug-likeness (QED) is 0.391. The normalized spacial score (nSPS) is 10.6. The fourth-order valence-electron chi connectivity index (χ4n) is 2.98. The molecule has 0 fully saturated rings. The van der Waals surface area contributed by atoms with E-state index in [2.05, 4.69) is 53.4 Å². The van der Waals surface area contributed by atoms with Gasteiger partial charge in [0.25, 0.3) is 0 Å². The molecule has 0 spiro atoms. The van der Waals surface area contributed by atoms with Crippen molar-refractivity contribution in [3.05, 3.63) is 59.3 Å². The summed E-state index contributed by atoms with van der Waals surface area (Å²) in [5.41, 5.74) is 5.62. The van der Waals surface area contributed by atoms with Gasteiger partial charge in [0.2, 0.25) is 5.91 Å². The fraction of sp³-hybridized carbons (Fsp3) is 0.429. The summed E-state index contributed by atoms with van der Waals surface area (Å²) in [4.78, 5) is 18.3. The highest BCUT2D eigenvalue weighted by atomic mass is 16.2. The van der Waals surface area contributed by atoms with Crippen LogP contribution in [-0.4, -0.2) is 24.0 Å². The molecular weight excluding hydrogens is 324 g/mol. The third kappa shape index (κ3) is 6.15. The summed E-state index contributed by atoms with van der Waals surface area (Å²) in [6.45, 7) is 6.50. The van der Waals surface area contributed by atoms with Crippen molar-refractivity contribution in [3.63, 3.8) is 0 Å². The number of aromatic nitrogens is 1. The molecular formula is C21H30N4O. The molecule has 1 heterocycles. The monoisotopic (exact) mass is 354 g/mol. The van der Waals surface area contributed by atoms with Crippen LogP contribution in [0.1, 0.15) is 43.4 Å². The van der Waals surface area contributed by atoms with E-state index in [0.29, 0.717) is 6.42 Å². The number of nitrogens with one attached hydrogen (secondary N) is 1. The minimum atomic E-state index is -0.177. The predicted molar refractivity (Wildman–Crippen MR) is 107 cm³/mol. The molecule has 0 unspecified atom stereocenters. The maximum absolute atomic E-state index is 11.3. The lowest BCUT2D eigenvalue weighted by Gasteiger charge is -2.22. The summed E-state index contributed by atoms with van der Waals surface area (Å²) in [6, 6.07) is 12.4. The second-order valence-corrected chi connectivity index (χ2v) is 6.57. The number of anilines is 1. The summed E-state index contributed by atoms with van der Waals surface area (Å²) < 4.78 is 0. The van der Waals surface area contributed by atoms with E-state index in [9.17, 15) is 4.79 Å². The smallest absolute Gasteiger partial charge is 0.238 e. The van der Waals surface area contributed by atoms with Crippen LogP contribution in [-0.2, 0) is 24.1 Å². The number of carbonyl (C=O) groups excluding carboxylic acids is 1. The van der Waals surface area contributed by atoms with Crippen LogP contribution in [0.4, 0.5) is 5.82 Å². The van der Waals surface area contributed by atoms with E-state index in [4.69, 9.17) is 5.84 Å². The standard InChI is InChI=1S/C21H30N4O/c1-3-13-25(14-4-2)20-12-11-19(16-23-20)10-7-17-5-8-18(9-6-17)15-21(26)24-22/h5-6,8-9,11-12,16H,3-4,7,10,13-15,22H2,1-2H3,(H,24,26). The first kappa shape index (κ1) is 19.9. The number of benzene rings is 1. The number of carbonyl (C=O) groups is 1. The van der Waals surface area contributed by atoms with Crippen molar-refractivity contribution >= 4 is 11.7 Å². The second-order valence-electron chi connectivity index (χ2n) is 6.57. The molecule has 0 aliphatic heterocycles. The Bertz CT molecular complexity index is 661. The molecule has 0 aliphatic rings. The van der Waals surface area contributed by atoms with Crippen molar-refractivity contribution < 1.29 is 4.79 Å². The summed E-state index contributed by atoms with van der Waals surface area (Å²) >= 11 is 0. The van der Waals surface area contributed by atoms with Crippen LogP contribution in [0.5, 0.6) is 0 Å². The van der Waals surface area contributed by atoms with Crippen molar-refractivity contribution in [3.8, 4) is 0 Å². The number of nitrogens with two attached hydrogens (primary N) is 1. The number of pyridine rings is 1. The van der Waals surface area contributed by atoms with Gasteiger partial charge in [0.15, 0.2) is 0 Å². The summed E-state index contributed by atoms with van der Waals surface area (Å²) in [7, 11) is 0. The van der Waals surface area contributed by atoms with Gasteiger partial charge in [-0.2, -0.15) is 0 Å². The summed E-state index contributed by atoms with van der Waals surface area (Å²) in [5, 5.41) is 0. The molecule has 26 heavy (non-hydrogen) atoms. The van der Waals surface area contributed by atoms with Crippen molar-refractivity contribution in [1.82, 2.24) is 10.4 Å². The third-order valence-electron chi connectivity index (χ3n) is 4.37. The van der Waals surface area contributed by atoms with E-state index in [1.165, 1.54) is 11.1 Å². The van der Waals surface area contributed by atoms with Gasteiger partial charge in [0, 0.05) is 19.3 Å². The van der Waals surface area contributed by atoms with Crippen LogP contribution in [0, 0.1) is 0 Å². The van der Waals surface area contributed by atoms with Crippen LogP contribution < -0.4 is 16.2 Å². The number of rotatable bonds is 10. The molecule has 0 aliphatic carbocycles. The van der Waals surface area contributed by atoms with Crippen molar-refractivity contribution in [2.24, 2.45) is 5.84 Å². The first-order valence-electron chi connectivity index (χ1n) is 9.43. The Morgan fingerprint density at radius 1 is 0.962 bits per heavy atom. The first-order valence-corrected chi connectivity index (χ1v) is 9.43. The van der Waals surface area contributed by atoms with E-state index in [1.807, 2.05) is 18.3 Å². The Morgan fingerprint density at radius 3 is 2.08 bits per heavy atom. The van der Waals surface area contributed by atoms with Gasteiger partial charge in [-0.3, -0.25) is 10.2 Å². The van der Waals surface area contributed by atoms with Crippen LogP contribution in [0.2, 0.25) is 0 Å². The highest BCUT2D eigenvalue weighted by Crippen LogP contribution is 2.14. The number of nitrogens with zero attached hydrogens (tertiary/aromatic N) is 2. The maximum Gasteiger partial charge on any atom is 0.238 e. The molecule has 0 saturated heterocycles. The Morgan fingerprint density at radius 2 is 1.54 bits per heavy atom. The first-order chi connectivity index (χ1) is 12.7. The maximum atomic E-state index is 11.3. The van der Waals surface area contributed by atoms with Gasteiger partial charge in [-0.05, 0) is 48.4 Å². The topological polar surface area (TPSA) is 71.2 Å². The largest absolute Gasteiger partial charge is 0.357 e. The minimum Gasteiger partial charge on any atom is -0.357 e. The van der Waals surface area contributed by atoms with Gasteiger partial charge in [0.1, 0.15) is 5.82 Å². The van der Waals surface area contributed by atoms with Crippen molar-refractivity contribution in [2.75, 3.05) is 18.0 Å². The molecule has 0 bridgehead atoms. The molecule has 140 valence electrons. The van der Waals surface area contributed by atoms with E-state index in [1.54, 1.807) is 0 Å². The molecule has 1 aromatic heterocycles. The minimum absolute atomic E-state index is 0.177. The lowest BCUT2D eigenvalue weighted by Crippen LogP contribution is -2.31. The number of aryl methyl sites for hydroxylation is 2. The highest BCUT2D eigenvalue weighted by Gasteiger charge is 2.06. The number of hydrogen-bond donors (Lipinski definition) is 2. The molecule has 0 saturated carbocycles. The molecule has 5 heteroatoms. The van der Waals surface area contributed by atoms with Crippen molar-refractivity contribution in [2.45, 2.75) is 46.0 Å². The lowest BCUT2D eigenvalue weighted by atomic mass is 10.0. The Hall–Kier alpha value is -2.40. The van der Waals surface area contributed by atoms with Gasteiger partial charge in [-0.1, -0.05) is 44.2 Å². The Kier molecular flexibility index (Phi) is 8.09.